The maximum Gasteiger partial charge on any atom is 0.233 e. The normalized spacial score (nSPS) is 19.8. The molecule has 0 bridgehead atoms. The monoisotopic (exact) mass is 261 g/mol. The van der Waals surface area contributed by atoms with E-state index in [2.05, 4.69) is 34.5 Å². The Hall–Kier alpha value is -1.33. The number of benzene rings is 1. The molecule has 3 rings (SSSR count). The van der Waals surface area contributed by atoms with E-state index in [0.29, 0.717) is 11.8 Å². The number of thioether (sulfide) groups is 1. The fraction of sp³-hybridized carbons (Fsp3) is 0.385. The molecule has 0 spiro atoms. The van der Waals surface area contributed by atoms with E-state index in [9.17, 15) is 0 Å². The molecule has 0 aliphatic carbocycles. The van der Waals surface area contributed by atoms with Gasteiger partial charge in [0.1, 0.15) is 0 Å². The van der Waals surface area contributed by atoms with Crippen LogP contribution in [0.2, 0.25) is 0 Å². The predicted molar refractivity (Wildman–Crippen MR) is 70.3 cm³/mol. The summed E-state index contributed by atoms with van der Waals surface area (Å²) in [5.74, 6) is 1.24. The topological polar surface area (TPSA) is 64.9 Å². The summed E-state index contributed by atoms with van der Waals surface area (Å²) < 4.78 is 5.68. The highest BCUT2D eigenvalue weighted by Gasteiger charge is 2.28. The largest absolute Gasteiger partial charge is 0.422 e. The predicted octanol–water partition coefficient (Wildman–Crippen LogP) is 2.87. The van der Waals surface area contributed by atoms with Crippen LogP contribution in [0, 0.1) is 0 Å². The van der Waals surface area contributed by atoms with Crippen molar-refractivity contribution >= 4 is 11.8 Å². The van der Waals surface area contributed by atoms with Gasteiger partial charge in [-0.25, -0.2) is 0 Å². The molecule has 2 unspecified atom stereocenters. The Morgan fingerprint density at radius 3 is 3.06 bits per heavy atom. The van der Waals surface area contributed by atoms with Crippen molar-refractivity contribution < 1.29 is 4.42 Å². The molecule has 2 atom stereocenters. The van der Waals surface area contributed by atoms with Gasteiger partial charge in [-0.2, -0.15) is 0 Å². The molecule has 5 heteroatoms. The summed E-state index contributed by atoms with van der Waals surface area (Å²) in [5, 5.41) is 8.40. The van der Waals surface area contributed by atoms with Crippen LogP contribution in [0.3, 0.4) is 0 Å². The lowest BCUT2D eigenvalue weighted by Crippen LogP contribution is -2.08. The van der Waals surface area contributed by atoms with Gasteiger partial charge in [0.15, 0.2) is 0 Å². The molecule has 0 saturated carbocycles. The second kappa shape index (κ2) is 4.74. The summed E-state index contributed by atoms with van der Waals surface area (Å²) in [5.41, 5.74) is 7.24. The van der Waals surface area contributed by atoms with Crippen LogP contribution in [0.5, 0.6) is 0 Å². The van der Waals surface area contributed by atoms with Crippen LogP contribution in [0.15, 0.2) is 33.6 Å². The van der Waals surface area contributed by atoms with E-state index in [1.54, 1.807) is 11.8 Å². The molecule has 1 aliphatic rings. The van der Waals surface area contributed by atoms with Crippen molar-refractivity contribution in [2.45, 2.75) is 36.0 Å². The summed E-state index contributed by atoms with van der Waals surface area (Å²) in [6.45, 7) is 2.01. The standard InChI is InChI=1S/C13H15N3OS/c1-2-9(14)12-15-16-13(17-12)11-7-8-5-3-4-6-10(8)18-11/h3-6,9,11H,2,7,14H2,1H3. The maximum absolute atomic E-state index is 5.89. The lowest BCUT2D eigenvalue weighted by Gasteiger charge is -2.03. The minimum Gasteiger partial charge on any atom is -0.422 e. The summed E-state index contributed by atoms with van der Waals surface area (Å²) in [6, 6.07) is 8.25. The molecular formula is C13H15N3OS. The summed E-state index contributed by atoms with van der Waals surface area (Å²) >= 11 is 1.78. The average molecular weight is 261 g/mol. The van der Waals surface area contributed by atoms with Crippen molar-refractivity contribution in [3.05, 3.63) is 41.6 Å². The van der Waals surface area contributed by atoms with Gasteiger partial charge in [-0.1, -0.05) is 25.1 Å². The molecular weight excluding hydrogens is 246 g/mol. The Morgan fingerprint density at radius 2 is 2.28 bits per heavy atom. The third-order valence-corrected chi connectivity index (χ3v) is 4.44. The number of nitrogens with zero attached hydrogens (tertiary/aromatic N) is 2. The number of nitrogens with two attached hydrogens (primary N) is 1. The zero-order chi connectivity index (χ0) is 12.5. The van der Waals surface area contributed by atoms with E-state index in [1.807, 2.05) is 6.92 Å². The SMILES string of the molecule is CCC(N)c1nnc(C2Cc3ccccc3S2)o1. The van der Waals surface area contributed by atoms with Crippen LogP contribution >= 0.6 is 11.8 Å². The highest BCUT2D eigenvalue weighted by Crippen LogP contribution is 2.45. The fourth-order valence-electron chi connectivity index (χ4n) is 2.02. The summed E-state index contributed by atoms with van der Waals surface area (Å²) in [7, 11) is 0. The molecule has 0 radical (unpaired) electrons. The highest BCUT2D eigenvalue weighted by molar-refractivity contribution is 7.99. The molecule has 0 amide bonds. The summed E-state index contributed by atoms with van der Waals surface area (Å²) in [4.78, 5) is 1.31. The van der Waals surface area contributed by atoms with Crippen molar-refractivity contribution in [1.82, 2.24) is 10.2 Å². The Labute approximate surface area is 110 Å². The number of hydrogen-bond acceptors (Lipinski definition) is 5. The summed E-state index contributed by atoms with van der Waals surface area (Å²) in [6.07, 6.45) is 1.75. The van der Waals surface area contributed by atoms with Crippen LogP contribution in [0.25, 0.3) is 0 Å². The first kappa shape index (κ1) is 11.7. The number of fused-ring (bicyclic) bond motifs is 1. The van der Waals surface area contributed by atoms with Crippen LogP contribution < -0.4 is 5.73 Å². The van der Waals surface area contributed by atoms with Crippen molar-refractivity contribution in [2.75, 3.05) is 0 Å². The minimum atomic E-state index is -0.153. The van der Waals surface area contributed by atoms with E-state index < -0.39 is 0 Å². The Morgan fingerprint density at radius 1 is 1.44 bits per heavy atom. The highest BCUT2D eigenvalue weighted by atomic mass is 32.2. The molecule has 94 valence electrons. The van der Waals surface area contributed by atoms with E-state index >= 15 is 0 Å². The van der Waals surface area contributed by atoms with Gasteiger partial charge in [0.25, 0.3) is 0 Å². The molecule has 18 heavy (non-hydrogen) atoms. The first-order chi connectivity index (χ1) is 8.78. The maximum atomic E-state index is 5.89. The van der Waals surface area contributed by atoms with Crippen molar-refractivity contribution in [3.63, 3.8) is 0 Å². The van der Waals surface area contributed by atoms with E-state index in [0.717, 1.165) is 12.8 Å². The zero-order valence-corrected chi connectivity index (χ0v) is 11.0. The third-order valence-electron chi connectivity index (χ3n) is 3.14. The smallest absolute Gasteiger partial charge is 0.233 e. The molecule has 1 aliphatic heterocycles. The first-order valence-electron chi connectivity index (χ1n) is 6.11. The van der Waals surface area contributed by atoms with E-state index in [4.69, 9.17) is 10.2 Å². The quantitative estimate of drug-likeness (QED) is 0.920. The third kappa shape index (κ3) is 2.04. The van der Waals surface area contributed by atoms with Gasteiger partial charge in [-0.15, -0.1) is 22.0 Å². The molecule has 0 saturated heterocycles. The second-order valence-electron chi connectivity index (χ2n) is 4.41. The van der Waals surface area contributed by atoms with Crippen LogP contribution in [0.1, 0.15) is 42.0 Å². The minimum absolute atomic E-state index is 0.153. The van der Waals surface area contributed by atoms with Gasteiger partial charge < -0.3 is 10.2 Å². The molecule has 2 N–H and O–H groups in total. The van der Waals surface area contributed by atoms with Crippen molar-refractivity contribution in [3.8, 4) is 0 Å². The lowest BCUT2D eigenvalue weighted by atomic mass is 10.1. The van der Waals surface area contributed by atoms with E-state index in [1.165, 1.54) is 10.5 Å². The number of hydrogen-bond donors (Lipinski definition) is 1. The van der Waals surface area contributed by atoms with Crippen LogP contribution in [-0.2, 0) is 6.42 Å². The molecule has 2 aromatic rings. The van der Waals surface area contributed by atoms with E-state index in [-0.39, 0.29) is 11.3 Å². The van der Waals surface area contributed by atoms with Crippen LogP contribution in [0.4, 0.5) is 0 Å². The van der Waals surface area contributed by atoms with Crippen LogP contribution in [-0.4, -0.2) is 10.2 Å². The molecule has 2 heterocycles. The van der Waals surface area contributed by atoms with Crippen molar-refractivity contribution in [2.24, 2.45) is 5.73 Å². The Balaban J connectivity index is 1.80. The van der Waals surface area contributed by atoms with Gasteiger partial charge in [0.05, 0.1) is 11.3 Å². The number of aromatic nitrogens is 2. The molecule has 0 fully saturated rings. The van der Waals surface area contributed by atoms with Gasteiger partial charge in [0.2, 0.25) is 11.8 Å². The van der Waals surface area contributed by atoms with Crippen molar-refractivity contribution in [1.29, 1.82) is 0 Å². The fourth-order valence-corrected chi connectivity index (χ4v) is 3.25. The molecule has 1 aromatic heterocycles. The zero-order valence-electron chi connectivity index (χ0n) is 10.2. The number of rotatable bonds is 3. The van der Waals surface area contributed by atoms with Gasteiger partial charge >= 0.3 is 0 Å². The molecule has 4 nitrogen and oxygen atoms in total. The Kier molecular flexibility index (Phi) is 3.09. The average Bonchev–Trinajstić information content (AvgIpc) is 3.03. The van der Waals surface area contributed by atoms with Gasteiger partial charge in [0, 0.05) is 4.90 Å². The first-order valence-corrected chi connectivity index (χ1v) is 6.99. The second-order valence-corrected chi connectivity index (χ2v) is 5.66. The van der Waals surface area contributed by atoms with Gasteiger partial charge in [-0.3, -0.25) is 0 Å². The Bertz CT molecular complexity index is 530. The molecule has 1 aromatic carbocycles. The lowest BCUT2D eigenvalue weighted by molar-refractivity contribution is 0.411. The van der Waals surface area contributed by atoms with Gasteiger partial charge in [-0.05, 0) is 24.5 Å².